The number of carbonyl (C=O) groups excluding carboxylic acids is 2. The molecule has 1 aromatic heterocycles. The van der Waals surface area contributed by atoms with Crippen molar-refractivity contribution in [3.8, 4) is 0 Å². The zero-order valence-corrected chi connectivity index (χ0v) is 16.5. The third kappa shape index (κ3) is 6.69. The highest BCUT2D eigenvalue weighted by atomic mass is 32.2. The zero-order chi connectivity index (χ0) is 19.6. The van der Waals surface area contributed by atoms with Gasteiger partial charge in [-0.25, -0.2) is 0 Å². The Balaban J connectivity index is 1.85. The second kappa shape index (κ2) is 10.7. The minimum Gasteiger partial charge on any atom is -0.452 e. The molecule has 0 saturated heterocycles. The normalized spacial score (nSPS) is 11.8. The summed E-state index contributed by atoms with van der Waals surface area (Å²) in [6, 6.07) is 9.94. The Hall–Kier alpha value is -2.39. The fourth-order valence-corrected chi connectivity index (χ4v) is 3.01. The first kappa shape index (κ1) is 20.9. The molecule has 0 spiro atoms. The van der Waals surface area contributed by atoms with Crippen molar-refractivity contribution in [2.24, 2.45) is 0 Å². The standard InChI is InChI=1S/C18H24N4O4S/c1-13(17(24)19-9-10-25-3)26-16(23)12-27-18-21-20-14(2)22(18)11-15-7-5-4-6-8-15/h4-8,13H,9-12H2,1-3H3,(H,19,24)/t13-/m1/s1. The van der Waals surface area contributed by atoms with Crippen molar-refractivity contribution >= 4 is 23.6 Å². The van der Waals surface area contributed by atoms with Gasteiger partial charge in [-0.2, -0.15) is 0 Å². The van der Waals surface area contributed by atoms with Crippen LogP contribution in [0.15, 0.2) is 35.5 Å². The molecular formula is C18H24N4O4S. The van der Waals surface area contributed by atoms with Gasteiger partial charge in [0.25, 0.3) is 5.91 Å². The van der Waals surface area contributed by atoms with Crippen molar-refractivity contribution in [3.63, 3.8) is 0 Å². The lowest BCUT2D eigenvalue weighted by Gasteiger charge is -2.13. The van der Waals surface area contributed by atoms with E-state index in [0.717, 1.165) is 11.4 Å². The molecule has 1 N–H and O–H groups in total. The Morgan fingerprint density at radius 2 is 2.00 bits per heavy atom. The molecule has 0 saturated carbocycles. The SMILES string of the molecule is COCCNC(=O)[C@@H](C)OC(=O)CSc1nnc(C)n1Cc1ccccc1. The van der Waals surface area contributed by atoms with E-state index in [1.54, 1.807) is 7.11 Å². The lowest BCUT2D eigenvalue weighted by atomic mass is 10.2. The number of nitrogens with zero attached hydrogens (tertiary/aromatic N) is 3. The Labute approximate surface area is 162 Å². The number of rotatable bonds is 10. The number of amides is 1. The van der Waals surface area contributed by atoms with Crippen LogP contribution in [-0.2, 0) is 25.6 Å². The average Bonchev–Trinajstić information content (AvgIpc) is 3.00. The van der Waals surface area contributed by atoms with Gasteiger partial charge in [0.1, 0.15) is 5.82 Å². The van der Waals surface area contributed by atoms with Crippen molar-refractivity contribution in [3.05, 3.63) is 41.7 Å². The van der Waals surface area contributed by atoms with Crippen LogP contribution in [0.5, 0.6) is 0 Å². The number of carbonyl (C=O) groups is 2. The minimum absolute atomic E-state index is 0.0443. The minimum atomic E-state index is -0.862. The summed E-state index contributed by atoms with van der Waals surface area (Å²) in [6.07, 6.45) is -0.862. The van der Waals surface area contributed by atoms with E-state index < -0.39 is 12.1 Å². The van der Waals surface area contributed by atoms with Gasteiger partial charge < -0.3 is 19.4 Å². The topological polar surface area (TPSA) is 95.3 Å². The van der Waals surface area contributed by atoms with Gasteiger partial charge in [-0.15, -0.1) is 10.2 Å². The molecule has 2 rings (SSSR count). The van der Waals surface area contributed by atoms with Crippen LogP contribution in [0.4, 0.5) is 0 Å². The molecule has 0 aliphatic heterocycles. The number of hydrogen-bond acceptors (Lipinski definition) is 7. The van der Waals surface area contributed by atoms with Crippen LogP contribution in [0.25, 0.3) is 0 Å². The largest absolute Gasteiger partial charge is 0.452 e. The average molecular weight is 392 g/mol. The first-order valence-electron chi connectivity index (χ1n) is 8.54. The Bertz CT molecular complexity index is 751. The second-order valence-corrected chi connectivity index (χ2v) is 6.75. The van der Waals surface area contributed by atoms with Crippen LogP contribution in [-0.4, -0.2) is 58.8 Å². The number of benzene rings is 1. The predicted octanol–water partition coefficient (Wildman–Crippen LogP) is 1.42. The molecule has 0 unspecified atom stereocenters. The highest BCUT2D eigenvalue weighted by Gasteiger charge is 2.19. The molecular weight excluding hydrogens is 368 g/mol. The van der Waals surface area contributed by atoms with Gasteiger partial charge in [-0.3, -0.25) is 9.59 Å². The van der Waals surface area contributed by atoms with E-state index in [4.69, 9.17) is 9.47 Å². The van der Waals surface area contributed by atoms with Gasteiger partial charge in [0.15, 0.2) is 11.3 Å². The van der Waals surface area contributed by atoms with Gasteiger partial charge in [0, 0.05) is 13.7 Å². The summed E-state index contributed by atoms with van der Waals surface area (Å²) in [6.45, 7) is 4.79. The lowest BCUT2D eigenvalue weighted by molar-refractivity contribution is -0.152. The van der Waals surface area contributed by atoms with Crippen molar-refractivity contribution in [1.82, 2.24) is 20.1 Å². The van der Waals surface area contributed by atoms with Gasteiger partial charge in [0.2, 0.25) is 0 Å². The summed E-state index contributed by atoms with van der Waals surface area (Å²) in [4.78, 5) is 23.8. The maximum atomic E-state index is 12.0. The van der Waals surface area contributed by atoms with Crippen molar-refractivity contribution in [2.75, 3.05) is 26.0 Å². The maximum Gasteiger partial charge on any atom is 0.317 e. The molecule has 0 fully saturated rings. The van der Waals surface area contributed by atoms with Crippen LogP contribution in [0.3, 0.4) is 0 Å². The summed E-state index contributed by atoms with van der Waals surface area (Å²) < 4.78 is 12.0. The van der Waals surface area contributed by atoms with E-state index in [1.165, 1.54) is 18.7 Å². The Morgan fingerprint density at radius 1 is 1.26 bits per heavy atom. The number of thioether (sulfide) groups is 1. The van der Waals surface area contributed by atoms with E-state index in [0.29, 0.717) is 24.9 Å². The molecule has 8 nitrogen and oxygen atoms in total. The Kier molecular flexibility index (Phi) is 8.28. The number of hydrogen-bond donors (Lipinski definition) is 1. The van der Waals surface area contributed by atoms with E-state index in [1.807, 2.05) is 41.8 Å². The molecule has 1 aromatic carbocycles. The number of methoxy groups -OCH3 is 1. The summed E-state index contributed by atoms with van der Waals surface area (Å²) in [5, 5.41) is 11.5. The summed E-state index contributed by atoms with van der Waals surface area (Å²) >= 11 is 1.23. The van der Waals surface area contributed by atoms with Crippen LogP contribution in [0, 0.1) is 6.92 Å². The second-order valence-electron chi connectivity index (χ2n) is 5.81. The molecule has 1 atom stereocenters. The van der Waals surface area contributed by atoms with Gasteiger partial charge in [-0.05, 0) is 19.4 Å². The molecule has 1 amide bonds. The summed E-state index contributed by atoms with van der Waals surface area (Å²) in [5.74, 6) is -0.0294. The quantitative estimate of drug-likeness (QED) is 0.371. The van der Waals surface area contributed by atoms with Crippen LogP contribution < -0.4 is 5.32 Å². The smallest absolute Gasteiger partial charge is 0.317 e. The molecule has 0 bridgehead atoms. The van der Waals surface area contributed by atoms with E-state index >= 15 is 0 Å². The van der Waals surface area contributed by atoms with E-state index in [2.05, 4.69) is 15.5 Å². The lowest BCUT2D eigenvalue weighted by Crippen LogP contribution is -2.37. The third-order valence-corrected chi connectivity index (χ3v) is 4.63. The first-order valence-corrected chi connectivity index (χ1v) is 9.52. The van der Waals surface area contributed by atoms with Gasteiger partial charge in [0.05, 0.1) is 18.9 Å². The highest BCUT2D eigenvalue weighted by Crippen LogP contribution is 2.19. The third-order valence-electron chi connectivity index (χ3n) is 3.69. The molecule has 0 aliphatic rings. The van der Waals surface area contributed by atoms with Crippen molar-refractivity contribution in [1.29, 1.82) is 0 Å². The molecule has 9 heteroatoms. The van der Waals surface area contributed by atoms with Crippen LogP contribution in [0.2, 0.25) is 0 Å². The monoisotopic (exact) mass is 392 g/mol. The highest BCUT2D eigenvalue weighted by molar-refractivity contribution is 7.99. The predicted molar refractivity (Wildman–Crippen MR) is 101 cm³/mol. The number of nitrogens with one attached hydrogen (secondary N) is 1. The molecule has 1 heterocycles. The Morgan fingerprint density at radius 3 is 2.70 bits per heavy atom. The summed E-state index contributed by atoms with van der Waals surface area (Å²) in [5.41, 5.74) is 1.12. The molecule has 2 aromatic rings. The molecule has 0 aliphatic carbocycles. The fourth-order valence-electron chi connectivity index (χ4n) is 2.24. The number of ether oxygens (including phenoxy) is 2. The molecule has 27 heavy (non-hydrogen) atoms. The van der Waals surface area contributed by atoms with Gasteiger partial charge >= 0.3 is 5.97 Å². The van der Waals surface area contributed by atoms with E-state index in [-0.39, 0.29) is 11.7 Å². The molecule has 146 valence electrons. The summed E-state index contributed by atoms with van der Waals surface area (Å²) in [7, 11) is 1.55. The maximum absolute atomic E-state index is 12.0. The number of esters is 1. The first-order chi connectivity index (χ1) is 13.0. The van der Waals surface area contributed by atoms with Crippen LogP contribution >= 0.6 is 11.8 Å². The molecule has 0 radical (unpaired) electrons. The zero-order valence-electron chi connectivity index (χ0n) is 15.7. The van der Waals surface area contributed by atoms with Crippen molar-refractivity contribution in [2.45, 2.75) is 31.7 Å². The van der Waals surface area contributed by atoms with Gasteiger partial charge in [-0.1, -0.05) is 42.1 Å². The van der Waals surface area contributed by atoms with E-state index in [9.17, 15) is 9.59 Å². The van der Waals surface area contributed by atoms with Crippen LogP contribution in [0.1, 0.15) is 18.3 Å². The number of aryl methyl sites for hydroxylation is 1. The fraction of sp³-hybridized carbons (Fsp3) is 0.444. The number of aromatic nitrogens is 3. The van der Waals surface area contributed by atoms with Crippen molar-refractivity contribution < 1.29 is 19.1 Å².